The molecule has 2 aromatic carbocycles. The maximum Gasteiger partial charge on any atom is 0.198 e. The zero-order valence-electron chi connectivity index (χ0n) is 13.4. The molecule has 1 fully saturated rings. The molecule has 24 heavy (non-hydrogen) atoms. The fourth-order valence-electron chi connectivity index (χ4n) is 4.32. The van der Waals surface area contributed by atoms with Crippen molar-refractivity contribution in [1.82, 2.24) is 5.01 Å². The number of hydrazone groups is 1. The zero-order valence-corrected chi connectivity index (χ0v) is 15.0. The van der Waals surface area contributed by atoms with Crippen molar-refractivity contribution in [3.8, 4) is 5.75 Å². The Balaban J connectivity index is 1.62. The summed E-state index contributed by atoms with van der Waals surface area (Å²) in [5.74, 6) is 1.03. The molecule has 0 saturated heterocycles. The first kappa shape index (κ1) is 14.5. The first-order valence-electron chi connectivity index (χ1n) is 8.66. The standard InChI is InChI=1S/C20H19BrN2O/c21-15-8-9-19-16(12-15)18-13-17(14-6-2-1-3-7-14)22-23(18)20(24-19)10-4-5-11-20/h1-3,6-9,12,18H,4-5,10-11,13H2/t18-/m1/s1. The van der Waals surface area contributed by atoms with Crippen molar-refractivity contribution in [1.29, 1.82) is 0 Å². The molecule has 1 aliphatic carbocycles. The van der Waals surface area contributed by atoms with Gasteiger partial charge in [0.2, 0.25) is 0 Å². The molecule has 3 aliphatic rings. The van der Waals surface area contributed by atoms with Crippen molar-refractivity contribution in [2.24, 2.45) is 5.10 Å². The van der Waals surface area contributed by atoms with E-state index < -0.39 is 0 Å². The minimum absolute atomic E-state index is 0.248. The Morgan fingerprint density at radius 1 is 1.08 bits per heavy atom. The predicted molar refractivity (Wildman–Crippen MR) is 98.1 cm³/mol. The van der Waals surface area contributed by atoms with Crippen molar-refractivity contribution >= 4 is 21.6 Å². The molecule has 0 amide bonds. The van der Waals surface area contributed by atoms with Gasteiger partial charge in [0.15, 0.2) is 5.72 Å². The van der Waals surface area contributed by atoms with Crippen molar-refractivity contribution in [3.63, 3.8) is 0 Å². The summed E-state index contributed by atoms with van der Waals surface area (Å²) in [5, 5.41) is 7.33. The quantitative estimate of drug-likeness (QED) is 0.671. The molecule has 2 aliphatic heterocycles. The number of benzene rings is 2. The lowest BCUT2D eigenvalue weighted by molar-refractivity contribution is -0.114. The van der Waals surface area contributed by atoms with E-state index in [1.54, 1.807) is 0 Å². The van der Waals surface area contributed by atoms with Crippen LogP contribution in [0, 0.1) is 0 Å². The Labute approximate surface area is 150 Å². The highest BCUT2D eigenvalue weighted by Crippen LogP contribution is 2.52. The molecule has 5 rings (SSSR count). The molecule has 1 spiro atoms. The summed E-state index contributed by atoms with van der Waals surface area (Å²) >= 11 is 3.61. The van der Waals surface area contributed by atoms with Crippen LogP contribution in [0.3, 0.4) is 0 Å². The van der Waals surface area contributed by atoms with Crippen LogP contribution >= 0.6 is 15.9 Å². The molecule has 0 unspecified atom stereocenters. The van der Waals surface area contributed by atoms with Gasteiger partial charge in [0.05, 0.1) is 11.8 Å². The molecule has 4 heteroatoms. The highest BCUT2D eigenvalue weighted by atomic mass is 79.9. The number of halogens is 1. The van der Waals surface area contributed by atoms with E-state index >= 15 is 0 Å². The van der Waals surface area contributed by atoms with E-state index in [-0.39, 0.29) is 11.8 Å². The molecule has 2 heterocycles. The average molecular weight is 383 g/mol. The van der Waals surface area contributed by atoms with Crippen LogP contribution in [-0.4, -0.2) is 16.4 Å². The molecule has 0 bridgehead atoms. The van der Waals surface area contributed by atoms with Gasteiger partial charge in [0.1, 0.15) is 5.75 Å². The van der Waals surface area contributed by atoms with E-state index in [4.69, 9.17) is 9.84 Å². The van der Waals surface area contributed by atoms with Crippen molar-refractivity contribution < 1.29 is 4.74 Å². The highest BCUT2D eigenvalue weighted by Gasteiger charge is 2.51. The van der Waals surface area contributed by atoms with Crippen LogP contribution in [0.5, 0.6) is 5.75 Å². The summed E-state index contributed by atoms with van der Waals surface area (Å²) in [6, 6.07) is 17.2. The first-order chi connectivity index (χ1) is 11.8. The predicted octanol–water partition coefficient (Wildman–Crippen LogP) is 5.26. The Morgan fingerprint density at radius 2 is 1.88 bits per heavy atom. The van der Waals surface area contributed by atoms with Gasteiger partial charge in [-0.15, -0.1) is 0 Å². The summed E-state index contributed by atoms with van der Waals surface area (Å²) < 4.78 is 7.63. The van der Waals surface area contributed by atoms with E-state index in [0.29, 0.717) is 0 Å². The number of ether oxygens (including phenoxy) is 1. The fourth-order valence-corrected chi connectivity index (χ4v) is 4.69. The van der Waals surface area contributed by atoms with Gasteiger partial charge in [-0.1, -0.05) is 46.3 Å². The summed E-state index contributed by atoms with van der Waals surface area (Å²) in [4.78, 5) is 0. The van der Waals surface area contributed by atoms with Gasteiger partial charge >= 0.3 is 0 Å². The second-order valence-electron chi connectivity index (χ2n) is 6.91. The van der Waals surface area contributed by atoms with Crippen LogP contribution in [0.25, 0.3) is 0 Å². The number of rotatable bonds is 1. The number of hydrogen-bond donors (Lipinski definition) is 0. The van der Waals surface area contributed by atoms with Crippen molar-refractivity contribution in [2.75, 3.05) is 0 Å². The Kier molecular flexibility index (Phi) is 3.24. The summed E-state index contributed by atoms with van der Waals surface area (Å²) in [5.41, 5.74) is 3.39. The van der Waals surface area contributed by atoms with Gasteiger partial charge < -0.3 is 4.74 Å². The molecule has 0 aromatic heterocycles. The first-order valence-corrected chi connectivity index (χ1v) is 9.45. The van der Waals surface area contributed by atoms with Crippen LogP contribution in [0.15, 0.2) is 58.1 Å². The van der Waals surface area contributed by atoms with Gasteiger partial charge in [0.25, 0.3) is 0 Å². The van der Waals surface area contributed by atoms with Crippen LogP contribution in [0.2, 0.25) is 0 Å². The second-order valence-corrected chi connectivity index (χ2v) is 7.83. The highest BCUT2D eigenvalue weighted by molar-refractivity contribution is 9.10. The van der Waals surface area contributed by atoms with E-state index in [9.17, 15) is 0 Å². The van der Waals surface area contributed by atoms with E-state index in [0.717, 1.165) is 29.5 Å². The second kappa shape index (κ2) is 5.35. The Morgan fingerprint density at radius 3 is 2.67 bits per heavy atom. The lowest BCUT2D eigenvalue weighted by Gasteiger charge is -2.45. The molecular weight excluding hydrogens is 364 g/mol. The topological polar surface area (TPSA) is 24.8 Å². The lowest BCUT2D eigenvalue weighted by atomic mass is 9.94. The minimum Gasteiger partial charge on any atom is -0.466 e. The summed E-state index contributed by atoms with van der Waals surface area (Å²) in [6.07, 6.45) is 5.49. The van der Waals surface area contributed by atoms with E-state index in [1.165, 1.54) is 29.7 Å². The number of nitrogens with zero attached hydrogens (tertiary/aromatic N) is 2. The molecule has 1 saturated carbocycles. The molecule has 1 atom stereocenters. The summed E-state index contributed by atoms with van der Waals surface area (Å²) in [6.45, 7) is 0. The van der Waals surface area contributed by atoms with Gasteiger partial charge in [-0.2, -0.15) is 5.10 Å². The smallest absolute Gasteiger partial charge is 0.198 e. The monoisotopic (exact) mass is 382 g/mol. The molecule has 0 N–H and O–H groups in total. The number of fused-ring (bicyclic) bond motifs is 4. The van der Waals surface area contributed by atoms with Gasteiger partial charge in [-0.3, -0.25) is 0 Å². The maximum atomic E-state index is 6.53. The van der Waals surface area contributed by atoms with Gasteiger partial charge in [0, 0.05) is 29.3 Å². The Bertz CT molecular complexity index is 812. The third-order valence-corrected chi connectivity index (χ3v) is 5.94. The van der Waals surface area contributed by atoms with Crippen LogP contribution < -0.4 is 4.74 Å². The van der Waals surface area contributed by atoms with E-state index in [1.807, 2.05) is 0 Å². The van der Waals surface area contributed by atoms with Crippen LogP contribution in [0.4, 0.5) is 0 Å². The number of hydrogen-bond acceptors (Lipinski definition) is 3. The lowest BCUT2D eigenvalue weighted by Crippen LogP contribution is -2.51. The third kappa shape index (κ3) is 2.12. The third-order valence-electron chi connectivity index (χ3n) is 5.45. The Hall–Kier alpha value is -1.81. The average Bonchev–Trinajstić information content (AvgIpc) is 3.25. The molecular formula is C20H19BrN2O. The maximum absolute atomic E-state index is 6.53. The molecule has 0 radical (unpaired) electrons. The van der Waals surface area contributed by atoms with E-state index in [2.05, 4.69) is 69.5 Å². The van der Waals surface area contributed by atoms with Gasteiger partial charge in [-0.05, 0) is 36.6 Å². The molecule has 3 nitrogen and oxygen atoms in total. The minimum atomic E-state index is -0.248. The van der Waals surface area contributed by atoms with Gasteiger partial charge in [-0.25, -0.2) is 5.01 Å². The zero-order chi connectivity index (χ0) is 16.1. The van der Waals surface area contributed by atoms with Crippen LogP contribution in [-0.2, 0) is 0 Å². The van der Waals surface area contributed by atoms with Crippen LogP contribution in [0.1, 0.15) is 49.3 Å². The van der Waals surface area contributed by atoms with Crippen molar-refractivity contribution in [3.05, 3.63) is 64.1 Å². The molecule has 2 aromatic rings. The molecule has 122 valence electrons. The summed E-state index contributed by atoms with van der Waals surface area (Å²) in [7, 11) is 0. The fraction of sp³-hybridized carbons (Fsp3) is 0.350. The SMILES string of the molecule is Brc1ccc2c(c1)[C@H]1CC(c3ccccc3)=NN1C1(CCCC1)O2. The largest absolute Gasteiger partial charge is 0.466 e. The normalized spacial score (nSPS) is 23.6. The van der Waals surface area contributed by atoms with Crippen molar-refractivity contribution in [2.45, 2.75) is 43.9 Å².